The predicted octanol–water partition coefficient (Wildman–Crippen LogP) is 0.823. The van der Waals surface area contributed by atoms with Gasteiger partial charge in [-0.05, 0) is 17.7 Å². The van der Waals surface area contributed by atoms with Crippen molar-refractivity contribution in [3.63, 3.8) is 0 Å². The minimum Gasteiger partial charge on any atom is -0.481 e. The van der Waals surface area contributed by atoms with Gasteiger partial charge in [-0.1, -0.05) is 6.07 Å². The number of anilines is 3. The number of rotatable bonds is 3. The molecular formula is C12H15N5O. The number of hydrogen-bond acceptors (Lipinski definition) is 6. The summed E-state index contributed by atoms with van der Waals surface area (Å²) in [6, 6.07) is 7.23. The third-order valence-corrected chi connectivity index (χ3v) is 2.56. The standard InChI is InChI=1S/C12H15N5O/c1-18-10-4-2-3-8(16-10)5-7-6-9(13)17-12(15)11(7)14/h2-4,6H,5,14H2,1H3,(H4,13,15,17). The Morgan fingerprint density at radius 3 is 2.67 bits per heavy atom. The summed E-state index contributed by atoms with van der Waals surface area (Å²) in [4.78, 5) is 8.20. The molecule has 0 saturated heterocycles. The molecule has 6 nitrogen and oxygen atoms in total. The first-order valence-corrected chi connectivity index (χ1v) is 5.40. The smallest absolute Gasteiger partial charge is 0.213 e. The summed E-state index contributed by atoms with van der Waals surface area (Å²) < 4.78 is 5.07. The summed E-state index contributed by atoms with van der Waals surface area (Å²) in [6.45, 7) is 0. The zero-order chi connectivity index (χ0) is 13.1. The van der Waals surface area contributed by atoms with Gasteiger partial charge in [0, 0.05) is 18.2 Å². The Kier molecular flexibility index (Phi) is 3.18. The van der Waals surface area contributed by atoms with Crippen molar-refractivity contribution in [2.24, 2.45) is 0 Å². The predicted molar refractivity (Wildman–Crippen MR) is 71.1 cm³/mol. The molecule has 0 aliphatic rings. The van der Waals surface area contributed by atoms with Crippen molar-refractivity contribution < 1.29 is 4.74 Å². The fraction of sp³-hybridized carbons (Fsp3) is 0.167. The van der Waals surface area contributed by atoms with Crippen molar-refractivity contribution >= 4 is 17.3 Å². The number of methoxy groups -OCH3 is 1. The minimum absolute atomic E-state index is 0.243. The maximum absolute atomic E-state index is 5.87. The average Bonchev–Trinajstić information content (AvgIpc) is 2.35. The molecular weight excluding hydrogens is 230 g/mol. The quantitative estimate of drug-likeness (QED) is 0.737. The molecule has 2 aromatic rings. The number of nitrogens with zero attached hydrogens (tertiary/aromatic N) is 2. The summed E-state index contributed by atoms with van der Waals surface area (Å²) in [7, 11) is 1.57. The molecule has 0 bridgehead atoms. The molecule has 0 atom stereocenters. The van der Waals surface area contributed by atoms with Crippen LogP contribution in [0.1, 0.15) is 11.3 Å². The van der Waals surface area contributed by atoms with Crippen molar-refractivity contribution in [3.05, 3.63) is 35.5 Å². The third-order valence-electron chi connectivity index (χ3n) is 2.56. The zero-order valence-electron chi connectivity index (χ0n) is 10.1. The van der Waals surface area contributed by atoms with E-state index in [1.807, 2.05) is 12.1 Å². The van der Waals surface area contributed by atoms with Gasteiger partial charge in [-0.15, -0.1) is 0 Å². The molecule has 0 aliphatic carbocycles. The summed E-state index contributed by atoms with van der Waals surface area (Å²) in [6.07, 6.45) is 0.528. The van der Waals surface area contributed by atoms with Gasteiger partial charge in [0.15, 0.2) is 0 Å². The molecule has 0 amide bonds. The van der Waals surface area contributed by atoms with Crippen molar-refractivity contribution in [1.82, 2.24) is 9.97 Å². The number of nitrogen functional groups attached to an aromatic ring is 3. The zero-order valence-corrected chi connectivity index (χ0v) is 10.1. The summed E-state index contributed by atoms with van der Waals surface area (Å²) in [5, 5.41) is 0. The Bertz CT molecular complexity index is 570. The Morgan fingerprint density at radius 2 is 1.94 bits per heavy atom. The molecule has 0 radical (unpaired) electrons. The van der Waals surface area contributed by atoms with Crippen molar-refractivity contribution in [1.29, 1.82) is 0 Å². The van der Waals surface area contributed by atoms with Gasteiger partial charge < -0.3 is 21.9 Å². The fourth-order valence-corrected chi connectivity index (χ4v) is 1.66. The van der Waals surface area contributed by atoms with Crippen LogP contribution < -0.4 is 21.9 Å². The molecule has 2 rings (SSSR count). The van der Waals surface area contributed by atoms with Crippen LogP contribution in [0, 0.1) is 0 Å². The Labute approximate surface area is 105 Å². The average molecular weight is 245 g/mol. The highest BCUT2D eigenvalue weighted by Gasteiger charge is 2.08. The summed E-state index contributed by atoms with van der Waals surface area (Å²) >= 11 is 0. The van der Waals surface area contributed by atoms with E-state index >= 15 is 0 Å². The second-order valence-corrected chi connectivity index (χ2v) is 3.85. The van der Waals surface area contributed by atoms with Crippen LogP contribution in [-0.4, -0.2) is 17.1 Å². The first-order chi connectivity index (χ1) is 8.60. The Morgan fingerprint density at radius 1 is 1.17 bits per heavy atom. The molecule has 0 aromatic carbocycles. The van der Waals surface area contributed by atoms with Crippen molar-refractivity contribution in [2.45, 2.75) is 6.42 Å². The second-order valence-electron chi connectivity index (χ2n) is 3.85. The van der Waals surface area contributed by atoms with E-state index in [9.17, 15) is 0 Å². The van der Waals surface area contributed by atoms with E-state index in [0.717, 1.165) is 11.3 Å². The highest BCUT2D eigenvalue weighted by atomic mass is 16.5. The van der Waals surface area contributed by atoms with E-state index in [1.54, 1.807) is 19.2 Å². The van der Waals surface area contributed by atoms with Gasteiger partial charge in [-0.3, -0.25) is 0 Å². The summed E-state index contributed by atoms with van der Waals surface area (Å²) in [5.41, 5.74) is 19.3. The van der Waals surface area contributed by atoms with Gasteiger partial charge in [0.25, 0.3) is 0 Å². The lowest BCUT2D eigenvalue weighted by Crippen LogP contribution is -2.06. The Hall–Kier alpha value is -2.50. The normalized spacial score (nSPS) is 10.3. The van der Waals surface area contributed by atoms with Crippen LogP contribution >= 0.6 is 0 Å². The van der Waals surface area contributed by atoms with Crippen molar-refractivity contribution in [2.75, 3.05) is 24.3 Å². The van der Waals surface area contributed by atoms with E-state index in [-0.39, 0.29) is 5.82 Å². The van der Waals surface area contributed by atoms with Crippen LogP contribution in [0.15, 0.2) is 24.3 Å². The molecule has 6 heteroatoms. The van der Waals surface area contributed by atoms with Crippen LogP contribution in [0.3, 0.4) is 0 Å². The molecule has 0 fully saturated rings. The molecule has 2 aromatic heterocycles. The first-order valence-electron chi connectivity index (χ1n) is 5.40. The van der Waals surface area contributed by atoms with Crippen LogP contribution in [-0.2, 0) is 6.42 Å². The monoisotopic (exact) mass is 245 g/mol. The third kappa shape index (κ3) is 2.42. The highest BCUT2D eigenvalue weighted by Crippen LogP contribution is 2.23. The lowest BCUT2D eigenvalue weighted by Gasteiger charge is -2.09. The molecule has 6 N–H and O–H groups in total. The molecule has 0 aliphatic heterocycles. The van der Waals surface area contributed by atoms with Crippen LogP contribution in [0.5, 0.6) is 5.88 Å². The largest absolute Gasteiger partial charge is 0.481 e. The van der Waals surface area contributed by atoms with E-state index in [1.165, 1.54) is 0 Å². The molecule has 18 heavy (non-hydrogen) atoms. The lowest BCUT2D eigenvalue weighted by molar-refractivity contribution is 0.396. The number of pyridine rings is 2. The van der Waals surface area contributed by atoms with Crippen molar-refractivity contribution in [3.8, 4) is 5.88 Å². The minimum atomic E-state index is 0.243. The first kappa shape index (κ1) is 12.0. The van der Waals surface area contributed by atoms with E-state index < -0.39 is 0 Å². The van der Waals surface area contributed by atoms with E-state index in [2.05, 4.69) is 9.97 Å². The highest BCUT2D eigenvalue weighted by molar-refractivity contribution is 5.66. The van der Waals surface area contributed by atoms with Crippen LogP contribution in [0.25, 0.3) is 0 Å². The van der Waals surface area contributed by atoms with E-state index in [0.29, 0.717) is 23.8 Å². The van der Waals surface area contributed by atoms with Gasteiger partial charge in [0.1, 0.15) is 11.6 Å². The molecule has 2 heterocycles. The maximum Gasteiger partial charge on any atom is 0.213 e. The van der Waals surface area contributed by atoms with Gasteiger partial charge in [-0.2, -0.15) is 0 Å². The lowest BCUT2D eigenvalue weighted by atomic mass is 10.1. The van der Waals surface area contributed by atoms with Gasteiger partial charge >= 0.3 is 0 Å². The van der Waals surface area contributed by atoms with Gasteiger partial charge in [0.2, 0.25) is 5.88 Å². The number of nitrogens with two attached hydrogens (primary N) is 3. The maximum atomic E-state index is 5.87. The van der Waals surface area contributed by atoms with Gasteiger partial charge in [0.05, 0.1) is 12.8 Å². The summed E-state index contributed by atoms with van der Waals surface area (Å²) in [5.74, 6) is 1.15. The van der Waals surface area contributed by atoms with Crippen LogP contribution in [0.4, 0.5) is 17.3 Å². The molecule has 0 unspecified atom stereocenters. The number of ether oxygens (including phenoxy) is 1. The topological polar surface area (TPSA) is 113 Å². The molecule has 94 valence electrons. The SMILES string of the molecule is COc1cccc(Cc2cc(N)nc(N)c2N)n1. The Balaban J connectivity index is 2.33. The number of hydrogen-bond donors (Lipinski definition) is 3. The molecule has 0 spiro atoms. The van der Waals surface area contributed by atoms with Gasteiger partial charge in [-0.25, -0.2) is 9.97 Å². The fourth-order valence-electron chi connectivity index (χ4n) is 1.66. The number of aromatic nitrogens is 2. The molecule has 0 saturated carbocycles. The van der Waals surface area contributed by atoms with E-state index in [4.69, 9.17) is 21.9 Å². The second kappa shape index (κ2) is 4.79. The van der Waals surface area contributed by atoms with Crippen LogP contribution in [0.2, 0.25) is 0 Å².